The Morgan fingerprint density at radius 1 is 1.19 bits per heavy atom. The number of aromatic nitrogens is 2. The number of nitrogens with one attached hydrogen (secondary N) is 1. The molecule has 136 valence electrons. The Kier molecular flexibility index (Phi) is 3.64. The van der Waals surface area contributed by atoms with E-state index in [1.54, 1.807) is 24.3 Å². The SMILES string of the molecule is Cn1c2c(c(=O)n(C)c1=O)C(c1ccc(Br)cc1)C1C(=O)OCC1(O)N2. The van der Waals surface area contributed by atoms with Crippen LogP contribution in [0.3, 0.4) is 0 Å². The molecule has 0 aliphatic carbocycles. The largest absolute Gasteiger partial charge is 0.460 e. The molecule has 3 unspecified atom stereocenters. The number of aliphatic hydroxyl groups is 1. The standard InChI is InChI=1S/C17H16BrN3O5/c1-20-13-11(14(22)21(2)16(20)24)10(8-3-5-9(18)6-4-8)12-15(23)26-7-17(12,25)19-13/h3-6,10,12,19,25H,7H2,1-2H3. The topological polar surface area (TPSA) is 103 Å². The first-order valence-electron chi connectivity index (χ1n) is 7.97. The molecular weight excluding hydrogens is 406 g/mol. The van der Waals surface area contributed by atoms with Crippen molar-refractivity contribution in [3.05, 3.63) is 60.7 Å². The first-order chi connectivity index (χ1) is 12.2. The lowest BCUT2D eigenvalue weighted by Crippen LogP contribution is -2.56. The molecule has 1 saturated heterocycles. The number of nitrogens with zero attached hydrogens (tertiary/aromatic N) is 2. The van der Waals surface area contributed by atoms with Crippen LogP contribution in [0.15, 0.2) is 38.3 Å². The molecule has 0 saturated carbocycles. The lowest BCUT2D eigenvalue weighted by Gasteiger charge is -2.39. The molecule has 8 nitrogen and oxygen atoms in total. The van der Waals surface area contributed by atoms with Crippen LogP contribution in [-0.4, -0.2) is 32.5 Å². The highest BCUT2D eigenvalue weighted by Gasteiger charge is 2.58. The van der Waals surface area contributed by atoms with E-state index < -0.39 is 34.8 Å². The number of halogens is 1. The van der Waals surface area contributed by atoms with Crippen molar-refractivity contribution >= 4 is 27.7 Å². The van der Waals surface area contributed by atoms with Crippen LogP contribution in [0.2, 0.25) is 0 Å². The summed E-state index contributed by atoms with van der Waals surface area (Å²) in [7, 11) is 2.89. The van der Waals surface area contributed by atoms with Crippen molar-refractivity contribution in [1.82, 2.24) is 9.13 Å². The average Bonchev–Trinajstić information content (AvgIpc) is 2.92. The van der Waals surface area contributed by atoms with Crippen molar-refractivity contribution < 1.29 is 14.6 Å². The number of hydrogen-bond acceptors (Lipinski definition) is 6. The summed E-state index contributed by atoms with van der Waals surface area (Å²) < 4.78 is 8.19. The summed E-state index contributed by atoms with van der Waals surface area (Å²) in [6.45, 7) is -0.258. The van der Waals surface area contributed by atoms with Gasteiger partial charge < -0.3 is 15.2 Å². The quantitative estimate of drug-likeness (QED) is 0.640. The maximum Gasteiger partial charge on any atom is 0.332 e. The number of benzene rings is 1. The number of ether oxygens (including phenoxy) is 1. The molecule has 2 N–H and O–H groups in total. The fraction of sp³-hybridized carbons (Fsp3) is 0.353. The number of carbonyl (C=O) groups is 1. The second kappa shape index (κ2) is 5.55. The molecule has 2 aromatic rings. The van der Waals surface area contributed by atoms with Gasteiger partial charge in [-0.05, 0) is 17.7 Å². The van der Waals surface area contributed by atoms with Crippen LogP contribution in [0.1, 0.15) is 17.0 Å². The average molecular weight is 422 g/mol. The van der Waals surface area contributed by atoms with Gasteiger partial charge in [0.05, 0.1) is 5.56 Å². The van der Waals surface area contributed by atoms with Crippen LogP contribution >= 0.6 is 15.9 Å². The highest BCUT2D eigenvalue weighted by molar-refractivity contribution is 9.10. The van der Waals surface area contributed by atoms with Gasteiger partial charge in [-0.15, -0.1) is 0 Å². The van der Waals surface area contributed by atoms with E-state index >= 15 is 0 Å². The van der Waals surface area contributed by atoms with Gasteiger partial charge in [0.2, 0.25) is 0 Å². The van der Waals surface area contributed by atoms with Crippen LogP contribution in [0.25, 0.3) is 0 Å². The van der Waals surface area contributed by atoms with E-state index in [1.165, 1.54) is 18.7 Å². The van der Waals surface area contributed by atoms with E-state index in [4.69, 9.17) is 4.74 Å². The van der Waals surface area contributed by atoms with Crippen molar-refractivity contribution in [2.75, 3.05) is 11.9 Å². The van der Waals surface area contributed by atoms with Gasteiger partial charge in [-0.2, -0.15) is 0 Å². The summed E-state index contributed by atoms with van der Waals surface area (Å²) in [5, 5.41) is 13.8. The first-order valence-corrected chi connectivity index (χ1v) is 8.76. The summed E-state index contributed by atoms with van der Waals surface area (Å²) >= 11 is 3.36. The number of esters is 1. The van der Waals surface area contributed by atoms with Crippen molar-refractivity contribution in [3.8, 4) is 0 Å². The number of hydrogen-bond donors (Lipinski definition) is 2. The monoisotopic (exact) mass is 421 g/mol. The highest BCUT2D eigenvalue weighted by Crippen LogP contribution is 2.47. The predicted molar refractivity (Wildman–Crippen MR) is 95.9 cm³/mol. The fourth-order valence-electron chi connectivity index (χ4n) is 3.78. The Bertz CT molecular complexity index is 1040. The molecule has 1 aromatic heterocycles. The number of fused-ring (bicyclic) bond motifs is 2. The molecule has 0 spiro atoms. The third-order valence-electron chi connectivity index (χ3n) is 5.11. The minimum Gasteiger partial charge on any atom is -0.460 e. The fourth-order valence-corrected chi connectivity index (χ4v) is 4.05. The number of anilines is 1. The molecule has 0 amide bonds. The van der Waals surface area contributed by atoms with E-state index in [-0.39, 0.29) is 18.0 Å². The molecule has 1 fully saturated rings. The van der Waals surface area contributed by atoms with Crippen LogP contribution in [-0.2, 0) is 23.6 Å². The molecule has 3 heterocycles. The van der Waals surface area contributed by atoms with Crippen molar-refractivity contribution in [2.45, 2.75) is 11.6 Å². The van der Waals surface area contributed by atoms with Gasteiger partial charge in [-0.25, -0.2) is 4.79 Å². The van der Waals surface area contributed by atoms with Gasteiger partial charge in [0.15, 0.2) is 5.72 Å². The molecular formula is C17H16BrN3O5. The predicted octanol–water partition coefficient (Wildman–Crippen LogP) is 0.265. The summed E-state index contributed by atoms with van der Waals surface area (Å²) in [6, 6.07) is 7.15. The van der Waals surface area contributed by atoms with E-state index in [0.717, 1.165) is 9.04 Å². The lowest BCUT2D eigenvalue weighted by atomic mass is 9.74. The molecule has 3 atom stereocenters. The Morgan fingerprint density at radius 2 is 1.85 bits per heavy atom. The third-order valence-corrected chi connectivity index (χ3v) is 5.64. The van der Waals surface area contributed by atoms with Crippen LogP contribution in [0.4, 0.5) is 5.82 Å². The summed E-state index contributed by atoms with van der Waals surface area (Å²) in [5.74, 6) is -2.14. The Morgan fingerprint density at radius 3 is 2.50 bits per heavy atom. The van der Waals surface area contributed by atoms with Crippen molar-refractivity contribution in [3.63, 3.8) is 0 Å². The van der Waals surface area contributed by atoms with Gasteiger partial charge in [0, 0.05) is 24.5 Å². The van der Waals surface area contributed by atoms with Crippen LogP contribution < -0.4 is 16.6 Å². The zero-order valence-electron chi connectivity index (χ0n) is 14.0. The molecule has 9 heteroatoms. The van der Waals surface area contributed by atoms with E-state index in [9.17, 15) is 19.5 Å². The molecule has 0 bridgehead atoms. The van der Waals surface area contributed by atoms with Crippen LogP contribution in [0.5, 0.6) is 0 Å². The normalized spacial score (nSPS) is 26.7. The van der Waals surface area contributed by atoms with E-state index in [1.807, 2.05) is 0 Å². The summed E-state index contributed by atoms with van der Waals surface area (Å²) in [6.07, 6.45) is 0. The molecule has 1 aromatic carbocycles. The Balaban J connectivity index is 2.08. The minimum atomic E-state index is -1.70. The molecule has 26 heavy (non-hydrogen) atoms. The Hall–Kier alpha value is -2.39. The number of rotatable bonds is 1. The zero-order chi connectivity index (χ0) is 18.8. The zero-order valence-corrected chi connectivity index (χ0v) is 15.6. The first kappa shape index (κ1) is 17.0. The maximum atomic E-state index is 12.9. The van der Waals surface area contributed by atoms with E-state index in [2.05, 4.69) is 21.2 Å². The van der Waals surface area contributed by atoms with Gasteiger partial charge in [-0.3, -0.25) is 18.7 Å². The Labute approximate surface area is 156 Å². The lowest BCUT2D eigenvalue weighted by molar-refractivity contribution is -0.141. The van der Waals surface area contributed by atoms with Gasteiger partial charge >= 0.3 is 11.7 Å². The van der Waals surface area contributed by atoms with Crippen LogP contribution in [0, 0.1) is 5.92 Å². The van der Waals surface area contributed by atoms with Gasteiger partial charge in [0.25, 0.3) is 5.56 Å². The second-order valence-corrected chi connectivity index (χ2v) is 7.55. The summed E-state index contributed by atoms with van der Waals surface area (Å²) in [4.78, 5) is 37.6. The molecule has 0 radical (unpaired) electrons. The van der Waals surface area contributed by atoms with Crippen molar-refractivity contribution in [1.29, 1.82) is 0 Å². The maximum absolute atomic E-state index is 12.9. The smallest absolute Gasteiger partial charge is 0.332 e. The second-order valence-electron chi connectivity index (χ2n) is 6.63. The molecule has 2 aliphatic rings. The third kappa shape index (κ3) is 2.20. The minimum absolute atomic E-state index is 0.197. The van der Waals surface area contributed by atoms with Gasteiger partial charge in [-0.1, -0.05) is 28.1 Å². The number of cyclic esters (lactones) is 1. The van der Waals surface area contributed by atoms with Crippen molar-refractivity contribution in [2.24, 2.45) is 20.0 Å². The van der Waals surface area contributed by atoms with Gasteiger partial charge in [0.1, 0.15) is 18.3 Å². The molecule has 4 rings (SSSR count). The highest BCUT2D eigenvalue weighted by atomic mass is 79.9. The number of carbonyl (C=O) groups excluding carboxylic acids is 1. The summed E-state index contributed by atoms with van der Waals surface area (Å²) in [5.41, 5.74) is -1.80. The molecule has 2 aliphatic heterocycles. The van der Waals surface area contributed by atoms with E-state index in [0.29, 0.717) is 5.56 Å².